The van der Waals surface area contributed by atoms with E-state index in [2.05, 4.69) is 12.2 Å². The first kappa shape index (κ1) is 18.2. The van der Waals surface area contributed by atoms with Gasteiger partial charge in [0.1, 0.15) is 5.75 Å². The molecule has 8 heteroatoms. The number of halogens is 3. The molecule has 0 unspecified atom stereocenters. The Morgan fingerprint density at radius 1 is 1.35 bits per heavy atom. The average molecular weight is 380 g/mol. The zero-order valence-electron chi connectivity index (χ0n) is 12.6. The SMILES string of the molecule is CCCCCN1C(=O)COc2ccc(NC(=O)C(Cl)(Cl)Cl)cc21. The van der Waals surface area contributed by atoms with E-state index in [4.69, 9.17) is 39.5 Å². The molecule has 0 fully saturated rings. The Morgan fingerprint density at radius 3 is 2.74 bits per heavy atom. The van der Waals surface area contributed by atoms with Crippen LogP contribution in [0.1, 0.15) is 26.2 Å². The lowest BCUT2D eigenvalue weighted by molar-refractivity contribution is -0.121. The van der Waals surface area contributed by atoms with Crippen LogP contribution in [0, 0.1) is 0 Å². The van der Waals surface area contributed by atoms with Crippen LogP contribution in [0.2, 0.25) is 0 Å². The lowest BCUT2D eigenvalue weighted by Crippen LogP contribution is -2.39. The van der Waals surface area contributed by atoms with Gasteiger partial charge in [-0.25, -0.2) is 0 Å². The number of carbonyl (C=O) groups is 2. The van der Waals surface area contributed by atoms with E-state index in [9.17, 15) is 9.59 Å². The maximum atomic E-state index is 12.1. The second-order valence-electron chi connectivity index (χ2n) is 5.18. The standard InChI is InChI=1S/C15H17Cl3N2O3/c1-2-3-4-7-20-11-8-10(19-14(22)15(16,17)18)5-6-12(11)23-9-13(20)21/h5-6,8H,2-4,7,9H2,1H3,(H,19,22). The van der Waals surface area contributed by atoms with Crippen LogP contribution in [0.15, 0.2) is 18.2 Å². The molecule has 1 aliphatic rings. The van der Waals surface area contributed by atoms with E-state index in [1.807, 2.05) is 0 Å². The van der Waals surface area contributed by atoms with Gasteiger partial charge in [0.2, 0.25) is 0 Å². The van der Waals surface area contributed by atoms with E-state index in [0.29, 0.717) is 23.7 Å². The summed E-state index contributed by atoms with van der Waals surface area (Å²) in [6.45, 7) is 2.71. The molecule has 1 aromatic rings. The minimum atomic E-state index is -2.05. The number of alkyl halides is 3. The van der Waals surface area contributed by atoms with Crippen LogP contribution < -0.4 is 15.0 Å². The first-order valence-electron chi connectivity index (χ1n) is 7.28. The summed E-state index contributed by atoms with van der Waals surface area (Å²) in [4.78, 5) is 25.5. The van der Waals surface area contributed by atoms with Gasteiger partial charge in [-0.15, -0.1) is 0 Å². The van der Waals surface area contributed by atoms with E-state index in [0.717, 1.165) is 19.3 Å². The summed E-state index contributed by atoms with van der Waals surface area (Å²) in [5.41, 5.74) is 1.04. The predicted molar refractivity (Wildman–Crippen MR) is 92.7 cm³/mol. The van der Waals surface area contributed by atoms with Crippen molar-refractivity contribution in [2.45, 2.75) is 30.0 Å². The molecule has 1 aliphatic heterocycles. The first-order chi connectivity index (χ1) is 10.8. The van der Waals surface area contributed by atoms with Crippen LogP contribution in [-0.2, 0) is 9.59 Å². The van der Waals surface area contributed by atoms with Gasteiger partial charge >= 0.3 is 0 Å². The van der Waals surface area contributed by atoms with Crippen molar-refractivity contribution < 1.29 is 14.3 Å². The maximum absolute atomic E-state index is 12.1. The smallest absolute Gasteiger partial charge is 0.276 e. The van der Waals surface area contributed by atoms with Crippen molar-refractivity contribution in [3.05, 3.63) is 18.2 Å². The van der Waals surface area contributed by atoms with E-state index in [1.165, 1.54) is 0 Å². The molecule has 0 aromatic heterocycles. The molecule has 1 N–H and O–H groups in total. The van der Waals surface area contributed by atoms with Gasteiger partial charge in [0, 0.05) is 12.2 Å². The highest BCUT2D eigenvalue weighted by Crippen LogP contribution is 2.35. The van der Waals surface area contributed by atoms with Crippen molar-refractivity contribution in [3.63, 3.8) is 0 Å². The number of hydrogen-bond acceptors (Lipinski definition) is 3. The highest BCUT2D eigenvalue weighted by molar-refractivity contribution is 6.76. The lowest BCUT2D eigenvalue weighted by Gasteiger charge is -2.30. The lowest BCUT2D eigenvalue weighted by atomic mass is 10.1. The van der Waals surface area contributed by atoms with Gasteiger partial charge in [0.15, 0.2) is 6.61 Å². The summed E-state index contributed by atoms with van der Waals surface area (Å²) in [6.07, 6.45) is 2.99. The van der Waals surface area contributed by atoms with Gasteiger partial charge in [-0.1, -0.05) is 54.6 Å². The molecule has 0 aliphatic carbocycles. The van der Waals surface area contributed by atoms with Gasteiger partial charge in [0.05, 0.1) is 5.69 Å². The Hall–Kier alpha value is -1.17. The number of fused-ring (bicyclic) bond motifs is 1. The van der Waals surface area contributed by atoms with E-state index in [1.54, 1.807) is 23.1 Å². The third kappa shape index (κ3) is 4.66. The largest absolute Gasteiger partial charge is 0.482 e. The molecule has 0 spiro atoms. The summed E-state index contributed by atoms with van der Waals surface area (Å²) in [6, 6.07) is 4.96. The average Bonchev–Trinajstić information content (AvgIpc) is 2.48. The van der Waals surface area contributed by atoms with Crippen molar-refractivity contribution >= 4 is 58.0 Å². The molecule has 0 saturated carbocycles. The van der Waals surface area contributed by atoms with Crippen molar-refractivity contribution in [2.24, 2.45) is 0 Å². The van der Waals surface area contributed by atoms with Crippen LogP contribution in [0.5, 0.6) is 5.75 Å². The van der Waals surface area contributed by atoms with Crippen molar-refractivity contribution in [2.75, 3.05) is 23.4 Å². The van der Waals surface area contributed by atoms with Crippen LogP contribution >= 0.6 is 34.8 Å². The molecular formula is C15H17Cl3N2O3. The summed E-state index contributed by atoms with van der Waals surface area (Å²) < 4.78 is 3.36. The van der Waals surface area contributed by atoms with E-state index in [-0.39, 0.29) is 12.5 Å². The Balaban J connectivity index is 2.21. The number of anilines is 2. The van der Waals surface area contributed by atoms with Gasteiger partial charge in [-0.05, 0) is 24.6 Å². The van der Waals surface area contributed by atoms with Crippen LogP contribution in [0.25, 0.3) is 0 Å². The second kappa shape index (κ2) is 7.60. The molecule has 1 heterocycles. The van der Waals surface area contributed by atoms with Gasteiger partial charge in [0.25, 0.3) is 15.6 Å². The number of amides is 2. The molecule has 0 radical (unpaired) electrons. The van der Waals surface area contributed by atoms with Crippen molar-refractivity contribution in [1.29, 1.82) is 0 Å². The minimum absolute atomic E-state index is 0.0129. The second-order valence-corrected chi connectivity index (χ2v) is 7.46. The molecule has 5 nitrogen and oxygen atoms in total. The topological polar surface area (TPSA) is 58.6 Å². The quantitative estimate of drug-likeness (QED) is 0.623. The fourth-order valence-corrected chi connectivity index (χ4v) is 2.39. The fourth-order valence-electron chi connectivity index (χ4n) is 2.25. The zero-order valence-corrected chi connectivity index (χ0v) is 14.8. The Labute approximate surface area is 149 Å². The third-order valence-corrected chi connectivity index (χ3v) is 3.92. The number of unbranched alkanes of at least 4 members (excludes halogenated alkanes) is 2. The number of ether oxygens (including phenoxy) is 1. The summed E-state index contributed by atoms with van der Waals surface area (Å²) >= 11 is 16.6. The number of hydrogen-bond donors (Lipinski definition) is 1. The predicted octanol–water partition coefficient (Wildman–Crippen LogP) is 3.91. The van der Waals surface area contributed by atoms with Gasteiger partial charge in [-0.3, -0.25) is 9.59 Å². The summed E-state index contributed by atoms with van der Waals surface area (Å²) in [7, 11) is 0. The Morgan fingerprint density at radius 2 is 2.09 bits per heavy atom. The molecule has 2 amide bonds. The molecule has 0 atom stereocenters. The monoisotopic (exact) mass is 378 g/mol. The number of carbonyl (C=O) groups excluding carboxylic acids is 2. The van der Waals surface area contributed by atoms with E-state index >= 15 is 0 Å². The number of nitrogens with zero attached hydrogens (tertiary/aromatic N) is 1. The van der Waals surface area contributed by atoms with Crippen LogP contribution in [0.3, 0.4) is 0 Å². The molecule has 126 valence electrons. The number of rotatable bonds is 5. The third-order valence-electron chi connectivity index (χ3n) is 3.40. The fraction of sp³-hybridized carbons (Fsp3) is 0.467. The van der Waals surface area contributed by atoms with Gasteiger partial charge in [-0.2, -0.15) is 0 Å². The van der Waals surface area contributed by atoms with Crippen molar-refractivity contribution in [1.82, 2.24) is 0 Å². The molecule has 0 saturated heterocycles. The highest BCUT2D eigenvalue weighted by atomic mass is 35.6. The first-order valence-corrected chi connectivity index (χ1v) is 8.41. The zero-order chi connectivity index (χ0) is 17.0. The molecule has 0 bridgehead atoms. The molecule has 1 aromatic carbocycles. The Bertz CT molecular complexity index is 602. The maximum Gasteiger partial charge on any atom is 0.276 e. The minimum Gasteiger partial charge on any atom is -0.482 e. The molecule has 23 heavy (non-hydrogen) atoms. The Kier molecular flexibility index (Phi) is 6.00. The summed E-state index contributed by atoms with van der Waals surface area (Å²) in [5, 5.41) is 2.51. The molecular weight excluding hydrogens is 363 g/mol. The number of benzene rings is 1. The van der Waals surface area contributed by atoms with Crippen LogP contribution in [0.4, 0.5) is 11.4 Å². The van der Waals surface area contributed by atoms with Crippen LogP contribution in [-0.4, -0.2) is 28.8 Å². The summed E-state index contributed by atoms with van der Waals surface area (Å²) in [5.74, 6) is -0.283. The highest BCUT2D eigenvalue weighted by Gasteiger charge is 2.31. The molecule has 2 rings (SSSR count). The van der Waals surface area contributed by atoms with E-state index < -0.39 is 9.70 Å². The number of nitrogens with one attached hydrogen (secondary N) is 1. The van der Waals surface area contributed by atoms with Gasteiger partial charge < -0.3 is 15.0 Å². The van der Waals surface area contributed by atoms with Crippen molar-refractivity contribution in [3.8, 4) is 5.75 Å². The normalized spacial score (nSPS) is 14.3.